The van der Waals surface area contributed by atoms with E-state index in [1.807, 2.05) is 0 Å². The van der Waals surface area contributed by atoms with Gasteiger partial charge in [0.25, 0.3) is 0 Å². The Balaban J connectivity index is 1.20. The van der Waals surface area contributed by atoms with Crippen molar-refractivity contribution in [1.29, 1.82) is 0 Å². The van der Waals surface area contributed by atoms with Crippen LogP contribution < -0.4 is 20.3 Å². The molecule has 0 aliphatic heterocycles. The summed E-state index contributed by atoms with van der Waals surface area (Å²) < 4.78 is 5.67. The lowest BCUT2D eigenvalue weighted by atomic mass is 9.91. The molecule has 176 valence electrons. The molecule has 0 unspecified atom stereocenters. The third kappa shape index (κ3) is 4.80. The second-order valence-electron chi connectivity index (χ2n) is 9.52. The third-order valence-electron chi connectivity index (χ3n) is 6.99. The summed E-state index contributed by atoms with van der Waals surface area (Å²) in [5.74, 6) is 1.93. The Morgan fingerprint density at radius 2 is 1.56 bits per heavy atom. The van der Waals surface area contributed by atoms with Crippen molar-refractivity contribution in [3.05, 3.63) is 72.3 Å². The first-order chi connectivity index (χ1) is 16.6. The third-order valence-corrected chi connectivity index (χ3v) is 6.99. The van der Waals surface area contributed by atoms with Crippen LogP contribution in [-0.4, -0.2) is 38.3 Å². The van der Waals surface area contributed by atoms with Crippen molar-refractivity contribution in [2.24, 2.45) is 0 Å². The Morgan fingerprint density at radius 1 is 0.882 bits per heavy atom. The highest BCUT2D eigenvalue weighted by Crippen LogP contribution is 2.30. The number of nitrogens with zero attached hydrogens (tertiary/aromatic N) is 2. The van der Waals surface area contributed by atoms with Crippen LogP contribution in [0.1, 0.15) is 31.2 Å². The molecular formula is C29H34N4O. The molecule has 5 heteroatoms. The highest BCUT2D eigenvalue weighted by molar-refractivity contribution is 5.93. The summed E-state index contributed by atoms with van der Waals surface area (Å²) in [6.07, 6.45) is 4.58. The van der Waals surface area contributed by atoms with Crippen LogP contribution in [0.3, 0.4) is 0 Å². The Kier molecular flexibility index (Phi) is 6.54. The summed E-state index contributed by atoms with van der Waals surface area (Å²) >= 11 is 0. The predicted octanol–water partition coefficient (Wildman–Crippen LogP) is 5.98. The fourth-order valence-corrected chi connectivity index (χ4v) is 5.10. The standard InChI is InChI=1S/C29H34N4O/c1-33(2)27-18-29(32-26-11-7-6-10-25(26)27)31-24-14-12-23(13-15-24)30-19-22-16-20-8-4-5-9-21(20)17-28(22)34-3/h4-11,16-18,23-24,30H,12-15,19H2,1-3H3,(H,31,32)/t23-,24+. The molecule has 0 radical (unpaired) electrons. The van der Waals surface area contributed by atoms with Crippen LogP contribution in [0.4, 0.5) is 11.5 Å². The number of nitrogens with one attached hydrogen (secondary N) is 2. The first-order valence-corrected chi connectivity index (χ1v) is 12.2. The van der Waals surface area contributed by atoms with Crippen LogP contribution in [0.25, 0.3) is 21.7 Å². The molecule has 3 aromatic carbocycles. The van der Waals surface area contributed by atoms with E-state index in [1.54, 1.807) is 7.11 Å². The largest absolute Gasteiger partial charge is 0.496 e. The summed E-state index contributed by atoms with van der Waals surface area (Å²) in [6.45, 7) is 0.829. The summed E-state index contributed by atoms with van der Waals surface area (Å²) in [6, 6.07) is 24.4. The van der Waals surface area contributed by atoms with E-state index in [4.69, 9.17) is 9.72 Å². The molecule has 1 aliphatic rings. The van der Waals surface area contributed by atoms with Gasteiger partial charge in [0.2, 0.25) is 0 Å². The molecule has 2 N–H and O–H groups in total. The summed E-state index contributed by atoms with van der Waals surface area (Å²) in [4.78, 5) is 7.05. The minimum absolute atomic E-state index is 0.455. The van der Waals surface area contributed by atoms with E-state index in [9.17, 15) is 0 Å². The molecule has 34 heavy (non-hydrogen) atoms. The van der Waals surface area contributed by atoms with Crippen molar-refractivity contribution in [3.63, 3.8) is 0 Å². The van der Waals surface area contributed by atoms with Gasteiger partial charge < -0.3 is 20.3 Å². The molecule has 0 saturated heterocycles. The molecule has 1 fully saturated rings. The number of methoxy groups -OCH3 is 1. The molecular weight excluding hydrogens is 420 g/mol. The number of anilines is 2. The summed E-state index contributed by atoms with van der Waals surface area (Å²) in [5.41, 5.74) is 3.46. The fraction of sp³-hybridized carbons (Fsp3) is 0.345. The number of hydrogen-bond acceptors (Lipinski definition) is 5. The van der Waals surface area contributed by atoms with Gasteiger partial charge in [-0.05, 0) is 54.7 Å². The zero-order valence-electron chi connectivity index (χ0n) is 20.3. The quantitative estimate of drug-likeness (QED) is 0.360. The van der Waals surface area contributed by atoms with E-state index >= 15 is 0 Å². The summed E-state index contributed by atoms with van der Waals surface area (Å²) in [5, 5.41) is 11.2. The van der Waals surface area contributed by atoms with Crippen LogP contribution in [0, 0.1) is 0 Å². The zero-order chi connectivity index (χ0) is 23.5. The number of ether oxygens (including phenoxy) is 1. The van der Waals surface area contributed by atoms with Gasteiger partial charge in [0, 0.05) is 55.4 Å². The SMILES string of the molecule is COc1cc2ccccc2cc1CN[C@H]1CC[C@@H](Nc2cc(N(C)C)c3ccccc3n2)CC1. The monoisotopic (exact) mass is 454 g/mol. The highest BCUT2D eigenvalue weighted by atomic mass is 16.5. The normalized spacial score (nSPS) is 18.2. The molecule has 0 amide bonds. The van der Waals surface area contributed by atoms with Gasteiger partial charge in [-0.3, -0.25) is 0 Å². The molecule has 0 atom stereocenters. The van der Waals surface area contributed by atoms with Crippen LogP contribution in [-0.2, 0) is 6.54 Å². The van der Waals surface area contributed by atoms with Crippen LogP contribution >= 0.6 is 0 Å². The zero-order valence-corrected chi connectivity index (χ0v) is 20.3. The number of fused-ring (bicyclic) bond motifs is 2. The lowest BCUT2D eigenvalue weighted by Crippen LogP contribution is -2.36. The molecule has 0 spiro atoms. The maximum absolute atomic E-state index is 5.67. The van der Waals surface area contributed by atoms with Crippen LogP contribution in [0.15, 0.2) is 66.7 Å². The average molecular weight is 455 g/mol. The number of rotatable bonds is 7. The van der Waals surface area contributed by atoms with Crippen LogP contribution in [0.2, 0.25) is 0 Å². The second kappa shape index (κ2) is 9.90. The maximum atomic E-state index is 5.67. The lowest BCUT2D eigenvalue weighted by molar-refractivity contribution is 0.348. The Morgan fingerprint density at radius 3 is 2.29 bits per heavy atom. The smallest absolute Gasteiger partial charge is 0.128 e. The van der Waals surface area contributed by atoms with E-state index < -0.39 is 0 Å². The van der Waals surface area contributed by atoms with Crippen molar-refractivity contribution in [2.75, 3.05) is 31.4 Å². The number of hydrogen-bond donors (Lipinski definition) is 2. The summed E-state index contributed by atoms with van der Waals surface area (Å²) in [7, 11) is 5.94. The molecule has 5 nitrogen and oxygen atoms in total. The minimum Gasteiger partial charge on any atom is -0.496 e. The van der Waals surface area contributed by atoms with E-state index in [0.29, 0.717) is 12.1 Å². The topological polar surface area (TPSA) is 49.4 Å². The van der Waals surface area contributed by atoms with E-state index in [2.05, 4.69) is 96.4 Å². The van der Waals surface area contributed by atoms with Crippen molar-refractivity contribution in [1.82, 2.24) is 10.3 Å². The number of aromatic nitrogens is 1. The number of para-hydroxylation sites is 1. The van der Waals surface area contributed by atoms with Gasteiger partial charge in [0.15, 0.2) is 0 Å². The van der Waals surface area contributed by atoms with E-state index in [0.717, 1.165) is 49.3 Å². The van der Waals surface area contributed by atoms with Crippen LogP contribution in [0.5, 0.6) is 5.75 Å². The predicted molar refractivity (Wildman–Crippen MR) is 143 cm³/mol. The van der Waals surface area contributed by atoms with Crippen molar-refractivity contribution in [2.45, 2.75) is 44.3 Å². The van der Waals surface area contributed by atoms with Gasteiger partial charge >= 0.3 is 0 Å². The molecule has 1 heterocycles. The van der Waals surface area contributed by atoms with Gasteiger partial charge in [-0.1, -0.05) is 42.5 Å². The molecule has 1 aliphatic carbocycles. The highest BCUT2D eigenvalue weighted by Gasteiger charge is 2.22. The minimum atomic E-state index is 0.455. The van der Waals surface area contributed by atoms with Gasteiger partial charge in [-0.2, -0.15) is 0 Å². The molecule has 1 saturated carbocycles. The van der Waals surface area contributed by atoms with E-state index in [-0.39, 0.29) is 0 Å². The first-order valence-electron chi connectivity index (χ1n) is 12.2. The van der Waals surface area contributed by atoms with E-state index in [1.165, 1.54) is 27.4 Å². The van der Waals surface area contributed by atoms with Crippen molar-refractivity contribution in [3.8, 4) is 5.75 Å². The Labute approximate surface area is 202 Å². The Hall–Kier alpha value is -3.31. The number of benzene rings is 3. The average Bonchev–Trinajstić information content (AvgIpc) is 2.87. The molecule has 0 bridgehead atoms. The first kappa shape index (κ1) is 22.5. The van der Waals surface area contributed by atoms with Gasteiger partial charge in [0.1, 0.15) is 11.6 Å². The molecule has 1 aromatic heterocycles. The second-order valence-corrected chi connectivity index (χ2v) is 9.52. The maximum Gasteiger partial charge on any atom is 0.128 e. The van der Waals surface area contributed by atoms with Crippen molar-refractivity contribution < 1.29 is 4.74 Å². The van der Waals surface area contributed by atoms with Gasteiger partial charge in [-0.25, -0.2) is 4.98 Å². The Bertz CT molecular complexity index is 1280. The number of pyridine rings is 1. The molecule has 4 aromatic rings. The van der Waals surface area contributed by atoms with Gasteiger partial charge in [-0.15, -0.1) is 0 Å². The van der Waals surface area contributed by atoms with Gasteiger partial charge in [0.05, 0.1) is 12.6 Å². The van der Waals surface area contributed by atoms with Crippen molar-refractivity contribution >= 4 is 33.2 Å². The fourth-order valence-electron chi connectivity index (χ4n) is 5.10. The lowest BCUT2D eigenvalue weighted by Gasteiger charge is -2.30. The molecule has 5 rings (SSSR count).